The molecule has 0 saturated heterocycles. The Morgan fingerprint density at radius 2 is 1.46 bits per heavy atom. The fourth-order valence-corrected chi connectivity index (χ4v) is 6.62. The first-order valence-corrected chi connectivity index (χ1v) is 16.2. The molecule has 1 amide bonds. The standard InChI is InChI=1S/C37H47NO10/c1-16-13-14-47-37(9)35(45)27-25-26(31(42)23(8)34(27)48-37)33(44)28(24(15-39)32(25)43)38-36(46)18(3)12-10-11-17(2)29(40)22(7)30(41)21(6)20(5)19(16)4/h10-17,19-22,29-30,40-44H,1-9H3,(H,38,46)/b11-10+,14-13+,18-12-/t16-,17-,19+,20+,21-,22+,29-,30-,37-/m0/s1. The average molecular weight is 666 g/mol. The first-order chi connectivity index (χ1) is 22.4. The van der Waals surface area contributed by atoms with Crippen molar-refractivity contribution in [2.75, 3.05) is 5.32 Å². The lowest BCUT2D eigenvalue weighted by molar-refractivity contribution is -0.112. The summed E-state index contributed by atoms with van der Waals surface area (Å²) in [5.74, 6) is -6.55. The highest BCUT2D eigenvalue weighted by atomic mass is 16.7. The normalized spacial score (nSPS) is 34.2. The molecule has 0 fully saturated rings. The highest BCUT2D eigenvalue weighted by Crippen LogP contribution is 2.55. The maximum Gasteiger partial charge on any atom is 0.312 e. The number of allylic oxidation sites excluding steroid dienone is 3. The molecule has 11 nitrogen and oxygen atoms in total. The Balaban J connectivity index is 1.90. The molecule has 11 heteroatoms. The van der Waals surface area contributed by atoms with Crippen LogP contribution in [-0.4, -0.2) is 61.5 Å². The van der Waals surface area contributed by atoms with Gasteiger partial charge in [-0.05, 0) is 43.6 Å². The molecule has 0 radical (unpaired) electrons. The van der Waals surface area contributed by atoms with E-state index in [1.165, 1.54) is 33.1 Å². The van der Waals surface area contributed by atoms with Gasteiger partial charge in [0.25, 0.3) is 11.7 Å². The molecule has 0 aliphatic carbocycles. The van der Waals surface area contributed by atoms with Gasteiger partial charge in [-0.25, -0.2) is 0 Å². The summed E-state index contributed by atoms with van der Waals surface area (Å²) in [5.41, 5.74) is -0.977. The molecule has 2 aromatic rings. The number of Topliss-reactive ketones (excluding diaryl/α,β-unsaturated/α-hetero) is 1. The molecule has 260 valence electrons. The number of anilines is 1. The van der Waals surface area contributed by atoms with Crippen molar-refractivity contribution < 1.29 is 49.4 Å². The van der Waals surface area contributed by atoms with Crippen molar-refractivity contribution in [1.82, 2.24) is 0 Å². The van der Waals surface area contributed by atoms with Crippen molar-refractivity contribution in [3.05, 3.63) is 52.8 Å². The Labute approximate surface area is 280 Å². The number of ketones is 1. The van der Waals surface area contributed by atoms with Crippen molar-refractivity contribution >= 4 is 34.4 Å². The number of hydrogen-bond donors (Lipinski definition) is 6. The number of carbonyl (C=O) groups excluding carboxylic acids is 3. The number of ether oxygens (including phenoxy) is 2. The Kier molecular flexibility index (Phi) is 10.4. The van der Waals surface area contributed by atoms with Crippen LogP contribution >= 0.6 is 0 Å². The molecule has 0 aromatic heterocycles. The molecule has 0 saturated carbocycles. The number of hydrogen-bond acceptors (Lipinski definition) is 10. The second-order valence-electron chi connectivity index (χ2n) is 13.7. The van der Waals surface area contributed by atoms with E-state index in [1.54, 1.807) is 32.1 Å². The number of aliphatic hydroxyl groups excluding tert-OH is 2. The minimum absolute atomic E-state index is 0.0172. The van der Waals surface area contributed by atoms with Gasteiger partial charge < -0.3 is 40.3 Å². The summed E-state index contributed by atoms with van der Waals surface area (Å²) in [7, 11) is 0. The summed E-state index contributed by atoms with van der Waals surface area (Å²) in [6.45, 7) is 15.9. The topological polar surface area (TPSA) is 183 Å². The first kappa shape index (κ1) is 36.5. The summed E-state index contributed by atoms with van der Waals surface area (Å²) in [6.07, 6.45) is 6.42. The smallest absolute Gasteiger partial charge is 0.312 e. The minimum Gasteiger partial charge on any atom is -0.507 e. The van der Waals surface area contributed by atoms with Crippen LogP contribution in [0.1, 0.15) is 81.7 Å². The highest BCUT2D eigenvalue weighted by molar-refractivity contribution is 6.23. The minimum atomic E-state index is -1.93. The van der Waals surface area contributed by atoms with E-state index in [0.717, 1.165) is 0 Å². The monoisotopic (exact) mass is 665 g/mol. The Morgan fingerprint density at radius 3 is 2.08 bits per heavy atom. The maximum atomic E-state index is 13.9. The van der Waals surface area contributed by atoms with E-state index >= 15 is 0 Å². The lowest BCUT2D eigenvalue weighted by atomic mass is 9.72. The van der Waals surface area contributed by atoms with E-state index in [-0.39, 0.29) is 69.1 Å². The third-order valence-electron chi connectivity index (χ3n) is 10.6. The van der Waals surface area contributed by atoms with Gasteiger partial charge in [-0.2, -0.15) is 0 Å². The van der Waals surface area contributed by atoms with Gasteiger partial charge in [-0.3, -0.25) is 14.4 Å². The molecular formula is C37H47NO10. The fourth-order valence-electron chi connectivity index (χ4n) is 6.62. The number of rotatable bonds is 1. The quantitative estimate of drug-likeness (QED) is 0.122. The molecule has 3 heterocycles. The Bertz CT molecular complexity index is 1730. The van der Waals surface area contributed by atoms with Gasteiger partial charge in [0.15, 0.2) is 12.0 Å². The van der Waals surface area contributed by atoms with Crippen molar-refractivity contribution in [3.63, 3.8) is 0 Å². The number of phenols is 3. The van der Waals surface area contributed by atoms with E-state index in [2.05, 4.69) is 5.32 Å². The number of carbonyl (C=O) groups is 3. The highest BCUT2D eigenvalue weighted by Gasteiger charge is 2.49. The van der Waals surface area contributed by atoms with Crippen molar-refractivity contribution in [1.29, 1.82) is 0 Å². The van der Waals surface area contributed by atoms with Crippen LogP contribution in [0.5, 0.6) is 23.0 Å². The molecule has 0 spiro atoms. The molecule has 5 rings (SSSR count). The molecule has 0 unspecified atom stereocenters. The van der Waals surface area contributed by atoms with E-state index in [0.29, 0.717) is 0 Å². The zero-order valence-corrected chi connectivity index (χ0v) is 28.9. The zero-order chi connectivity index (χ0) is 36.0. The predicted molar refractivity (Wildman–Crippen MR) is 181 cm³/mol. The van der Waals surface area contributed by atoms with Crippen molar-refractivity contribution in [2.45, 2.75) is 80.3 Å². The van der Waals surface area contributed by atoms with Crippen LogP contribution in [0.4, 0.5) is 5.69 Å². The largest absolute Gasteiger partial charge is 0.507 e. The number of aldehydes is 1. The maximum absolute atomic E-state index is 13.9. The number of aromatic hydroxyl groups is 3. The molecule has 5 bridgehead atoms. The summed E-state index contributed by atoms with van der Waals surface area (Å²) in [4.78, 5) is 39.4. The SMILES string of the molecule is C/C1=C/C=C/[C@H](C)[C@H](O)[C@@H](C)[C@@H](O)[C@@H](C)[C@H](C)[C@H](C)[C@@H](C)/C=C/O[C@@]2(C)Oc3c(C)c(O)c4c(O)c(c(C=O)c(O)c4c3C2=O)NC1=O. The molecule has 3 aliphatic heterocycles. The third kappa shape index (κ3) is 6.17. The van der Waals surface area contributed by atoms with Gasteiger partial charge in [0, 0.05) is 35.3 Å². The number of fused-ring (bicyclic) bond motifs is 14. The van der Waals surface area contributed by atoms with Gasteiger partial charge in [0.2, 0.25) is 0 Å². The molecule has 3 aliphatic rings. The number of amides is 1. The van der Waals surface area contributed by atoms with E-state index < -0.39 is 64.1 Å². The van der Waals surface area contributed by atoms with Crippen molar-refractivity contribution in [3.8, 4) is 23.0 Å². The lowest BCUT2D eigenvalue weighted by Gasteiger charge is -2.36. The van der Waals surface area contributed by atoms with Gasteiger partial charge in [-0.1, -0.05) is 59.8 Å². The third-order valence-corrected chi connectivity index (χ3v) is 10.6. The van der Waals surface area contributed by atoms with Gasteiger partial charge in [0.1, 0.15) is 17.2 Å². The number of nitrogens with one attached hydrogen (secondary N) is 1. The number of phenolic OH excluding ortho intramolecular Hbond substituents is 3. The predicted octanol–water partition coefficient (Wildman–Crippen LogP) is 5.89. The number of aliphatic hydroxyl groups is 2. The van der Waals surface area contributed by atoms with E-state index in [4.69, 9.17) is 9.47 Å². The van der Waals surface area contributed by atoms with Gasteiger partial charge in [-0.15, -0.1) is 0 Å². The molecule has 9 atom stereocenters. The molecule has 6 N–H and O–H groups in total. The van der Waals surface area contributed by atoms with Crippen LogP contribution in [0.25, 0.3) is 10.8 Å². The molecule has 48 heavy (non-hydrogen) atoms. The van der Waals surface area contributed by atoms with Crippen LogP contribution in [0.3, 0.4) is 0 Å². The van der Waals surface area contributed by atoms with Crippen LogP contribution in [0.15, 0.2) is 36.1 Å². The van der Waals surface area contributed by atoms with Crippen LogP contribution in [0.2, 0.25) is 0 Å². The molecular weight excluding hydrogens is 618 g/mol. The van der Waals surface area contributed by atoms with Gasteiger partial charge in [0.05, 0.1) is 40.7 Å². The summed E-state index contributed by atoms with van der Waals surface area (Å²) in [6, 6.07) is 0. The molecule has 2 aromatic carbocycles. The van der Waals surface area contributed by atoms with E-state index in [1.807, 2.05) is 27.7 Å². The lowest BCUT2D eigenvalue weighted by Crippen LogP contribution is -2.40. The summed E-state index contributed by atoms with van der Waals surface area (Å²) < 4.78 is 11.8. The van der Waals surface area contributed by atoms with Crippen molar-refractivity contribution in [2.24, 2.45) is 35.5 Å². The van der Waals surface area contributed by atoms with Crippen LogP contribution < -0.4 is 10.1 Å². The Morgan fingerprint density at radius 1 is 0.812 bits per heavy atom. The summed E-state index contributed by atoms with van der Waals surface area (Å²) in [5, 5.41) is 58.0. The Hall–Kier alpha value is -4.35. The van der Waals surface area contributed by atoms with Gasteiger partial charge >= 0.3 is 5.79 Å². The second kappa shape index (κ2) is 13.6. The first-order valence-electron chi connectivity index (χ1n) is 16.2. The fraction of sp³-hybridized carbons (Fsp3) is 0.486. The zero-order valence-electron chi connectivity index (χ0n) is 28.9. The summed E-state index contributed by atoms with van der Waals surface area (Å²) >= 11 is 0. The van der Waals surface area contributed by atoms with Crippen LogP contribution in [0, 0.1) is 42.4 Å². The second-order valence-corrected chi connectivity index (χ2v) is 13.7. The van der Waals surface area contributed by atoms with Crippen LogP contribution in [-0.2, 0) is 9.53 Å². The average Bonchev–Trinajstić information content (AvgIpc) is 3.32. The van der Waals surface area contributed by atoms with E-state index in [9.17, 15) is 39.9 Å². The number of benzene rings is 2.